The maximum atomic E-state index is 12.6. The van der Waals surface area contributed by atoms with Gasteiger partial charge in [0.15, 0.2) is 5.60 Å². The van der Waals surface area contributed by atoms with E-state index in [4.69, 9.17) is 16.3 Å². The summed E-state index contributed by atoms with van der Waals surface area (Å²) in [5.74, 6) is 0.411. The maximum Gasteiger partial charge on any atom is 0.267 e. The molecule has 0 bridgehead atoms. The highest BCUT2D eigenvalue weighted by molar-refractivity contribution is 6.30. The van der Waals surface area contributed by atoms with Crippen molar-refractivity contribution >= 4 is 23.2 Å². The molecule has 0 aromatic heterocycles. The van der Waals surface area contributed by atoms with E-state index in [9.17, 15) is 4.79 Å². The summed E-state index contributed by atoms with van der Waals surface area (Å²) in [5.41, 5.74) is 3.09. The molecule has 2 aromatic rings. The summed E-state index contributed by atoms with van der Waals surface area (Å²) >= 11 is 5.87. The van der Waals surface area contributed by atoms with Crippen LogP contribution in [0.2, 0.25) is 5.02 Å². The minimum Gasteiger partial charge on any atom is -0.478 e. The number of hydrogen-bond acceptors (Lipinski definition) is 2. The minimum absolute atomic E-state index is 0.192. The Hall–Kier alpha value is -2.00. The molecular formula is C19H22ClNO2. The van der Waals surface area contributed by atoms with Crippen LogP contribution >= 0.6 is 11.6 Å². The monoisotopic (exact) mass is 331 g/mol. The van der Waals surface area contributed by atoms with Crippen LogP contribution in [0.5, 0.6) is 5.75 Å². The number of rotatable bonds is 4. The number of aryl methyl sites for hydroxylation is 3. The summed E-state index contributed by atoms with van der Waals surface area (Å²) in [7, 11) is 0. The van der Waals surface area contributed by atoms with E-state index in [1.807, 2.05) is 20.8 Å². The second kappa shape index (κ2) is 6.63. The first-order chi connectivity index (χ1) is 10.7. The number of carbonyl (C=O) groups is 1. The van der Waals surface area contributed by atoms with Crippen LogP contribution in [0, 0.1) is 20.8 Å². The first-order valence-corrected chi connectivity index (χ1v) is 7.91. The highest BCUT2D eigenvalue weighted by Crippen LogP contribution is 2.25. The molecule has 2 aromatic carbocycles. The molecule has 0 aliphatic carbocycles. The Morgan fingerprint density at radius 1 is 1.04 bits per heavy atom. The highest BCUT2D eigenvalue weighted by atomic mass is 35.5. The predicted molar refractivity (Wildman–Crippen MR) is 95.4 cm³/mol. The zero-order valence-electron chi connectivity index (χ0n) is 14.2. The van der Waals surface area contributed by atoms with Gasteiger partial charge in [-0.1, -0.05) is 29.3 Å². The van der Waals surface area contributed by atoms with Crippen LogP contribution in [-0.2, 0) is 4.79 Å². The van der Waals surface area contributed by atoms with E-state index in [0.29, 0.717) is 10.8 Å². The number of halogens is 1. The summed E-state index contributed by atoms with van der Waals surface area (Å²) < 4.78 is 5.82. The van der Waals surface area contributed by atoms with Gasteiger partial charge in [0.25, 0.3) is 5.91 Å². The van der Waals surface area contributed by atoms with E-state index >= 15 is 0 Å². The Labute approximate surface area is 142 Å². The van der Waals surface area contributed by atoms with Crippen molar-refractivity contribution in [3.8, 4) is 5.75 Å². The van der Waals surface area contributed by atoms with Gasteiger partial charge < -0.3 is 10.1 Å². The van der Waals surface area contributed by atoms with E-state index in [0.717, 1.165) is 16.8 Å². The Morgan fingerprint density at radius 2 is 1.57 bits per heavy atom. The Balaban J connectivity index is 2.17. The molecule has 122 valence electrons. The smallest absolute Gasteiger partial charge is 0.267 e. The van der Waals surface area contributed by atoms with Gasteiger partial charge in [-0.3, -0.25) is 4.79 Å². The lowest BCUT2D eigenvalue weighted by Crippen LogP contribution is -2.42. The number of ether oxygens (including phenoxy) is 1. The summed E-state index contributed by atoms with van der Waals surface area (Å²) in [4.78, 5) is 12.6. The molecule has 0 aliphatic rings. The SMILES string of the molecule is Cc1cc(C)c(NC(=O)C(C)(C)Oc2ccc(Cl)cc2)c(C)c1. The van der Waals surface area contributed by atoms with Gasteiger partial charge in [0.2, 0.25) is 0 Å². The molecule has 0 spiro atoms. The molecule has 0 aliphatic heterocycles. The second-order valence-electron chi connectivity index (χ2n) is 6.29. The topological polar surface area (TPSA) is 38.3 Å². The number of anilines is 1. The third kappa shape index (κ3) is 4.26. The van der Waals surface area contributed by atoms with Gasteiger partial charge in [0.1, 0.15) is 5.75 Å². The molecule has 0 heterocycles. The van der Waals surface area contributed by atoms with Gasteiger partial charge in [-0.15, -0.1) is 0 Å². The first-order valence-electron chi connectivity index (χ1n) is 7.53. The molecule has 2 rings (SSSR count). The molecule has 1 amide bonds. The minimum atomic E-state index is -1.00. The third-order valence-electron chi connectivity index (χ3n) is 3.65. The summed E-state index contributed by atoms with van der Waals surface area (Å²) in [6, 6.07) is 11.1. The molecule has 23 heavy (non-hydrogen) atoms. The number of amides is 1. The van der Waals surface area contributed by atoms with Crippen molar-refractivity contribution in [1.29, 1.82) is 0 Å². The first kappa shape index (κ1) is 17.4. The molecule has 0 fully saturated rings. The van der Waals surface area contributed by atoms with E-state index in [1.165, 1.54) is 5.56 Å². The van der Waals surface area contributed by atoms with Crippen molar-refractivity contribution in [3.05, 3.63) is 58.1 Å². The molecule has 0 saturated carbocycles. The van der Waals surface area contributed by atoms with Crippen molar-refractivity contribution < 1.29 is 9.53 Å². The van der Waals surface area contributed by atoms with Gasteiger partial charge in [-0.05, 0) is 70.0 Å². The van der Waals surface area contributed by atoms with Crippen LogP contribution < -0.4 is 10.1 Å². The molecular weight excluding hydrogens is 310 g/mol. The number of nitrogens with one attached hydrogen (secondary N) is 1. The molecule has 1 N–H and O–H groups in total. The van der Waals surface area contributed by atoms with E-state index < -0.39 is 5.60 Å². The Morgan fingerprint density at radius 3 is 2.09 bits per heavy atom. The quantitative estimate of drug-likeness (QED) is 0.850. The van der Waals surface area contributed by atoms with Crippen LogP contribution in [0.25, 0.3) is 0 Å². The molecule has 0 radical (unpaired) electrons. The fourth-order valence-corrected chi connectivity index (χ4v) is 2.61. The number of hydrogen-bond donors (Lipinski definition) is 1. The summed E-state index contributed by atoms with van der Waals surface area (Å²) in [6.45, 7) is 9.51. The van der Waals surface area contributed by atoms with Crippen LogP contribution in [-0.4, -0.2) is 11.5 Å². The fourth-order valence-electron chi connectivity index (χ4n) is 2.48. The van der Waals surface area contributed by atoms with E-state index in [-0.39, 0.29) is 5.91 Å². The molecule has 3 nitrogen and oxygen atoms in total. The van der Waals surface area contributed by atoms with Crippen molar-refractivity contribution in [2.45, 2.75) is 40.2 Å². The lowest BCUT2D eigenvalue weighted by Gasteiger charge is -2.26. The van der Waals surface area contributed by atoms with Crippen LogP contribution in [0.15, 0.2) is 36.4 Å². The standard InChI is InChI=1S/C19H22ClNO2/c1-12-10-13(2)17(14(3)11-12)21-18(22)19(4,5)23-16-8-6-15(20)7-9-16/h6-11H,1-5H3,(H,21,22). The molecule has 0 saturated heterocycles. The van der Waals surface area contributed by atoms with Gasteiger partial charge in [0, 0.05) is 10.7 Å². The summed E-state index contributed by atoms with van der Waals surface area (Å²) in [5, 5.41) is 3.62. The van der Waals surface area contributed by atoms with E-state index in [1.54, 1.807) is 38.1 Å². The lowest BCUT2D eigenvalue weighted by molar-refractivity contribution is -0.128. The maximum absolute atomic E-state index is 12.6. The van der Waals surface area contributed by atoms with E-state index in [2.05, 4.69) is 17.4 Å². The normalized spacial score (nSPS) is 11.2. The third-order valence-corrected chi connectivity index (χ3v) is 3.90. The predicted octanol–water partition coefficient (Wildman–Crippen LogP) is 5.06. The Kier molecular flexibility index (Phi) is 5.00. The zero-order valence-corrected chi connectivity index (χ0v) is 14.9. The molecule has 0 atom stereocenters. The average molecular weight is 332 g/mol. The van der Waals surface area contributed by atoms with Crippen molar-refractivity contribution in [3.63, 3.8) is 0 Å². The molecule has 4 heteroatoms. The van der Waals surface area contributed by atoms with Crippen molar-refractivity contribution in [2.75, 3.05) is 5.32 Å². The largest absolute Gasteiger partial charge is 0.478 e. The highest BCUT2D eigenvalue weighted by Gasteiger charge is 2.30. The Bertz CT molecular complexity index is 698. The molecule has 0 unspecified atom stereocenters. The average Bonchev–Trinajstić information content (AvgIpc) is 2.44. The van der Waals surface area contributed by atoms with Crippen LogP contribution in [0.1, 0.15) is 30.5 Å². The van der Waals surface area contributed by atoms with Gasteiger partial charge in [-0.25, -0.2) is 0 Å². The lowest BCUT2D eigenvalue weighted by atomic mass is 10.0. The number of benzene rings is 2. The van der Waals surface area contributed by atoms with Crippen LogP contribution in [0.3, 0.4) is 0 Å². The second-order valence-corrected chi connectivity index (χ2v) is 6.73. The van der Waals surface area contributed by atoms with Crippen LogP contribution in [0.4, 0.5) is 5.69 Å². The van der Waals surface area contributed by atoms with Crippen molar-refractivity contribution in [2.24, 2.45) is 0 Å². The number of carbonyl (C=O) groups excluding carboxylic acids is 1. The van der Waals surface area contributed by atoms with Gasteiger partial charge in [0.05, 0.1) is 0 Å². The zero-order chi connectivity index (χ0) is 17.2. The van der Waals surface area contributed by atoms with Gasteiger partial charge >= 0.3 is 0 Å². The van der Waals surface area contributed by atoms with Crippen molar-refractivity contribution in [1.82, 2.24) is 0 Å². The fraction of sp³-hybridized carbons (Fsp3) is 0.316. The van der Waals surface area contributed by atoms with Gasteiger partial charge in [-0.2, -0.15) is 0 Å². The summed E-state index contributed by atoms with van der Waals surface area (Å²) in [6.07, 6.45) is 0.